The molecule has 0 aliphatic heterocycles. The second-order valence-electron chi connectivity index (χ2n) is 18.1. The predicted molar refractivity (Wildman–Crippen MR) is 255 cm³/mol. The lowest BCUT2D eigenvalue weighted by Gasteiger charge is -2.21. The lowest BCUT2D eigenvalue weighted by atomic mass is 10.0. The Morgan fingerprint density at radius 2 is 0.707 bits per heavy atom. The molecule has 0 aromatic heterocycles. The van der Waals surface area contributed by atoms with Gasteiger partial charge in [0.1, 0.15) is 6.10 Å². The first kappa shape index (κ1) is 56.8. The zero-order valence-corrected chi connectivity index (χ0v) is 39.2. The molecule has 0 spiro atoms. The first-order chi connectivity index (χ1) is 28.6. The molecule has 0 rings (SSSR count). The van der Waals surface area contributed by atoms with Crippen molar-refractivity contribution < 1.29 is 20.1 Å². The number of carbonyl (C=O) groups is 1. The van der Waals surface area contributed by atoms with Crippen LogP contribution in [-0.4, -0.2) is 46.1 Å². The molecule has 5 heteroatoms. The van der Waals surface area contributed by atoms with E-state index < -0.39 is 24.2 Å². The smallest absolute Gasteiger partial charge is 0.249 e. The molecular formula is C53H103NO4. The van der Waals surface area contributed by atoms with Crippen molar-refractivity contribution in [2.45, 2.75) is 302 Å². The number of hydrogen-bond donors (Lipinski definition) is 4. The Hall–Kier alpha value is -1.17. The van der Waals surface area contributed by atoms with Gasteiger partial charge < -0.3 is 20.6 Å². The Morgan fingerprint density at radius 3 is 1.05 bits per heavy atom. The summed E-state index contributed by atoms with van der Waals surface area (Å²) in [4.78, 5) is 12.5. The summed E-state index contributed by atoms with van der Waals surface area (Å²) in [5.74, 6) is -0.508. The maximum Gasteiger partial charge on any atom is 0.249 e. The molecule has 4 N–H and O–H groups in total. The Bertz CT molecular complexity index is 859. The van der Waals surface area contributed by atoms with E-state index in [1.165, 1.54) is 225 Å². The van der Waals surface area contributed by atoms with E-state index in [9.17, 15) is 20.1 Å². The molecule has 0 radical (unpaired) electrons. The second kappa shape index (κ2) is 48.5. The van der Waals surface area contributed by atoms with Gasteiger partial charge in [0, 0.05) is 0 Å². The van der Waals surface area contributed by atoms with Crippen LogP contribution in [0.15, 0.2) is 24.3 Å². The van der Waals surface area contributed by atoms with Crippen LogP contribution < -0.4 is 5.32 Å². The summed E-state index contributed by atoms with van der Waals surface area (Å²) in [7, 11) is 0. The van der Waals surface area contributed by atoms with Crippen LogP contribution in [0, 0.1) is 0 Å². The van der Waals surface area contributed by atoms with Gasteiger partial charge in [-0.2, -0.15) is 0 Å². The molecule has 1 amide bonds. The van der Waals surface area contributed by atoms with Crippen molar-refractivity contribution >= 4 is 5.91 Å². The summed E-state index contributed by atoms with van der Waals surface area (Å²) < 4.78 is 0. The van der Waals surface area contributed by atoms with Gasteiger partial charge in [-0.15, -0.1) is 0 Å². The van der Waals surface area contributed by atoms with E-state index in [4.69, 9.17) is 0 Å². The minimum atomic E-state index is -1.10. The third-order valence-corrected chi connectivity index (χ3v) is 12.3. The normalized spacial score (nSPS) is 13.5. The Kier molecular flexibility index (Phi) is 47.5. The molecule has 0 saturated heterocycles. The van der Waals surface area contributed by atoms with E-state index in [-0.39, 0.29) is 6.61 Å². The van der Waals surface area contributed by atoms with Gasteiger partial charge in [0.05, 0.1) is 18.8 Å². The SMILES string of the molecule is CCCCCCCCCCC/C=C/CC/C=C/C(O)C(CO)NC(=O)C(O)CCCCCCCCCCCCCCCCCCCCCCCCCCCCCCC. The minimum Gasteiger partial charge on any atom is -0.394 e. The molecule has 0 heterocycles. The van der Waals surface area contributed by atoms with E-state index in [2.05, 4.69) is 31.3 Å². The van der Waals surface area contributed by atoms with E-state index >= 15 is 0 Å². The molecule has 0 aromatic carbocycles. The first-order valence-corrected chi connectivity index (χ1v) is 26.2. The number of allylic oxidation sites excluding steroid dienone is 3. The molecule has 0 aliphatic carbocycles. The average molecular weight is 818 g/mol. The highest BCUT2D eigenvalue weighted by Gasteiger charge is 2.22. The summed E-state index contributed by atoms with van der Waals surface area (Å²) in [5, 5.41) is 33.2. The standard InChI is InChI=1S/C53H103NO4/c1-3-5-7-9-11-13-15-17-19-20-21-22-23-24-25-26-27-28-29-30-31-32-34-36-38-40-42-44-46-48-52(57)53(58)54-50(49-55)51(56)47-45-43-41-39-37-35-33-18-16-14-12-10-8-6-4-2/h37,39,45,47,50-52,55-57H,3-36,38,40-44,46,48-49H2,1-2H3,(H,54,58)/b39-37+,47-45+. The molecule has 3 atom stereocenters. The topological polar surface area (TPSA) is 89.8 Å². The van der Waals surface area contributed by atoms with E-state index in [1.807, 2.05) is 6.08 Å². The number of amides is 1. The zero-order chi connectivity index (χ0) is 42.3. The van der Waals surface area contributed by atoms with Crippen molar-refractivity contribution in [1.29, 1.82) is 0 Å². The molecule has 5 nitrogen and oxygen atoms in total. The number of rotatable bonds is 48. The van der Waals surface area contributed by atoms with Crippen LogP contribution in [0.2, 0.25) is 0 Å². The summed E-state index contributed by atoms with van der Waals surface area (Å²) >= 11 is 0. The number of nitrogens with one attached hydrogen (secondary N) is 1. The van der Waals surface area contributed by atoms with Gasteiger partial charge in [0.25, 0.3) is 0 Å². The lowest BCUT2D eigenvalue weighted by molar-refractivity contribution is -0.131. The van der Waals surface area contributed by atoms with Gasteiger partial charge in [-0.1, -0.05) is 276 Å². The van der Waals surface area contributed by atoms with Crippen molar-refractivity contribution in [2.24, 2.45) is 0 Å². The van der Waals surface area contributed by atoms with Crippen molar-refractivity contribution in [1.82, 2.24) is 5.32 Å². The minimum absolute atomic E-state index is 0.373. The van der Waals surface area contributed by atoms with E-state index in [0.717, 1.165) is 38.5 Å². The third-order valence-electron chi connectivity index (χ3n) is 12.3. The fourth-order valence-corrected chi connectivity index (χ4v) is 8.20. The number of hydrogen-bond acceptors (Lipinski definition) is 4. The fourth-order valence-electron chi connectivity index (χ4n) is 8.20. The van der Waals surface area contributed by atoms with Crippen LogP contribution in [0.3, 0.4) is 0 Å². The zero-order valence-electron chi connectivity index (χ0n) is 39.2. The van der Waals surface area contributed by atoms with Gasteiger partial charge in [0.15, 0.2) is 0 Å². The Labute approximate surface area is 362 Å². The molecule has 0 fully saturated rings. The van der Waals surface area contributed by atoms with Gasteiger partial charge in [-0.3, -0.25) is 4.79 Å². The third kappa shape index (κ3) is 42.9. The van der Waals surface area contributed by atoms with E-state index in [0.29, 0.717) is 6.42 Å². The highest BCUT2D eigenvalue weighted by Crippen LogP contribution is 2.17. The largest absolute Gasteiger partial charge is 0.394 e. The molecule has 0 aromatic rings. The summed E-state index contributed by atoms with van der Waals surface area (Å²) in [6, 6.07) is -0.811. The molecule has 58 heavy (non-hydrogen) atoms. The Balaban J connectivity index is 3.54. The van der Waals surface area contributed by atoms with Crippen LogP contribution in [-0.2, 0) is 4.79 Å². The molecule has 3 unspecified atom stereocenters. The molecule has 0 bridgehead atoms. The Morgan fingerprint density at radius 1 is 0.414 bits per heavy atom. The summed E-state index contributed by atoms with van der Waals surface area (Å²) in [5.41, 5.74) is 0. The number of aliphatic hydroxyl groups excluding tert-OH is 3. The molecule has 0 saturated carbocycles. The van der Waals surface area contributed by atoms with Gasteiger partial charge in [-0.05, 0) is 32.1 Å². The monoisotopic (exact) mass is 818 g/mol. The predicted octanol–water partition coefficient (Wildman–Crippen LogP) is 15.7. The second-order valence-corrected chi connectivity index (χ2v) is 18.1. The molecule has 0 aliphatic rings. The summed E-state index contributed by atoms with van der Waals surface area (Å²) in [6.45, 7) is 4.19. The van der Waals surface area contributed by atoms with Crippen molar-refractivity contribution in [3.8, 4) is 0 Å². The first-order valence-electron chi connectivity index (χ1n) is 26.2. The summed E-state index contributed by atoms with van der Waals surface area (Å²) in [6.07, 6.45) is 61.1. The highest BCUT2D eigenvalue weighted by molar-refractivity contribution is 5.80. The van der Waals surface area contributed by atoms with Crippen molar-refractivity contribution in [2.75, 3.05) is 6.61 Å². The van der Waals surface area contributed by atoms with Crippen LogP contribution >= 0.6 is 0 Å². The van der Waals surface area contributed by atoms with Crippen LogP contribution in [0.25, 0.3) is 0 Å². The van der Waals surface area contributed by atoms with Crippen molar-refractivity contribution in [3.63, 3.8) is 0 Å². The van der Waals surface area contributed by atoms with Gasteiger partial charge in [-0.25, -0.2) is 0 Å². The highest BCUT2D eigenvalue weighted by atomic mass is 16.3. The lowest BCUT2D eigenvalue weighted by Crippen LogP contribution is -2.48. The number of aliphatic hydroxyl groups is 3. The fraction of sp³-hybridized carbons (Fsp3) is 0.906. The molecule has 344 valence electrons. The van der Waals surface area contributed by atoms with Crippen LogP contribution in [0.5, 0.6) is 0 Å². The number of unbranched alkanes of at least 4 members (excludes halogenated alkanes) is 38. The maximum absolute atomic E-state index is 12.5. The number of carbonyl (C=O) groups excluding carboxylic acids is 1. The van der Waals surface area contributed by atoms with Crippen LogP contribution in [0.4, 0.5) is 0 Å². The average Bonchev–Trinajstić information content (AvgIpc) is 3.23. The van der Waals surface area contributed by atoms with Crippen LogP contribution in [0.1, 0.15) is 284 Å². The van der Waals surface area contributed by atoms with Gasteiger partial charge >= 0.3 is 0 Å². The molecular weight excluding hydrogens is 715 g/mol. The van der Waals surface area contributed by atoms with Gasteiger partial charge in [0.2, 0.25) is 5.91 Å². The van der Waals surface area contributed by atoms with E-state index in [1.54, 1.807) is 6.08 Å². The quantitative estimate of drug-likeness (QED) is 0.0364. The maximum atomic E-state index is 12.5. The van der Waals surface area contributed by atoms with Crippen molar-refractivity contribution in [3.05, 3.63) is 24.3 Å².